The molecule has 0 aliphatic rings. The van der Waals surface area contributed by atoms with Gasteiger partial charge in [-0.1, -0.05) is 11.6 Å². The van der Waals surface area contributed by atoms with Crippen LogP contribution in [0.3, 0.4) is 0 Å². The summed E-state index contributed by atoms with van der Waals surface area (Å²) in [4.78, 5) is -0.185. The van der Waals surface area contributed by atoms with Crippen molar-refractivity contribution in [1.29, 1.82) is 5.26 Å². The van der Waals surface area contributed by atoms with E-state index < -0.39 is 21.2 Å². The maximum Gasteiger partial charge on any atom is 0.242 e. The summed E-state index contributed by atoms with van der Waals surface area (Å²) in [5.41, 5.74) is -2.20. The molecule has 0 saturated carbocycles. The quantitative estimate of drug-likeness (QED) is 0.889. The topological polar surface area (TPSA) is 90.2 Å². The Hall–Kier alpha value is -1.13. The number of nitriles is 1. The molecule has 20 heavy (non-hydrogen) atoms. The van der Waals surface area contributed by atoms with Gasteiger partial charge in [0, 0.05) is 0 Å². The number of hydrogen-bond donors (Lipinski definition) is 2. The molecule has 0 saturated heterocycles. The molecule has 0 bridgehead atoms. The minimum atomic E-state index is -3.96. The van der Waals surface area contributed by atoms with E-state index in [1.54, 1.807) is 13.8 Å². The summed E-state index contributed by atoms with van der Waals surface area (Å²) in [5.74, 6) is 0. The number of benzene rings is 1. The maximum atomic E-state index is 12.4. The molecule has 1 rings (SSSR count). The average Bonchev–Trinajstić information content (AvgIpc) is 2.26. The van der Waals surface area contributed by atoms with Crippen molar-refractivity contribution in [3.8, 4) is 6.07 Å². The molecule has 0 heterocycles. The predicted octanol–water partition coefficient (Wildman–Crippen LogP) is 2.04. The van der Waals surface area contributed by atoms with Crippen LogP contribution >= 0.6 is 11.6 Å². The highest BCUT2D eigenvalue weighted by Crippen LogP contribution is 2.27. The van der Waals surface area contributed by atoms with Gasteiger partial charge in [0.25, 0.3) is 0 Å². The molecule has 7 heteroatoms. The molecule has 110 valence electrons. The number of halogens is 1. The smallest absolute Gasteiger partial charge is 0.242 e. The van der Waals surface area contributed by atoms with Gasteiger partial charge in [0.2, 0.25) is 10.0 Å². The van der Waals surface area contributed by atoms with E-state index in [1.165, 1.54) is 32.0 Å². The van der Waals surface area contributed by atoms with Crippen molar-refractivity contribution >= 4 is 21.6 Å². The lowest BCUT2D eigenvalue weighted by atomic mass is 9.87. The first-order chi connectivity index (χ1) is 8.90. The van der Waals surface area contributed by atoms with E-state index in [0.717, 1.165) is 0 Å². The first-order valence-corrected chi connectivity index (χ1v) is 7.73. The lowest BCUT2D eigenvalue weighted by Crippen LogP contribution is -2.57. The van der Waals surface area contributed by atoms with E-state index in [2.05, 4.69) is 4.72 Å². The molecule has 0 spiro atoms. The van der Waals surface area contributed by atoms with Gasteiger partial charge >= 0.3 is 0 Å². The van der Waals surface area contributed by atoms with Gasteiger partial charge in [-0.3, -0.25) is 0 Å². The summed E-state index contributed by atoms with van der Waals surface area (Å²) >= 11 is 5.89. The third-order valence-corrected chi connectivity index (χ3v) is 5.41. The normalized spacial score (nSPS) is 13.1. The second kappa shape index (κ2) is 5.34. The van der Waals surface area contributed by atoms with Crippen LogP contribution in [0.1, 0.15) is 33.3 Å². The van der Waals surface area contributed by atoms with Gasteiger partial charge in [0.05, 0.1) is 27.8 Å². The Kier molecular flexibility index (Phi) is 4.52. The molecule has 2 N–H and O–H groups in total. The van der Waals surface area contributed by atoms with Crippen LogP contribution in [-0.4, -0.2) is 24.7 Å². The fraction of sp³-hybridized carbons (Fsp3) is 0.462. The zero-order chi connectivity index (χ0) is 15.8. The van der Waals surface area contributed by atoms with Gasteiger partial charge in [0.15, 0.2) is 0 Å². The third-order valence-electron chi connectivity index (χ3n) is 3.27. The van der Waals surface area contributed by atoms with Crippen molar-refractivity contribution < 1.29 is 13.5 Å². The minimum absolute atomic E-state index is 0.0167. The van der Waals surface area contributed by atoms with Gasteiger partial charge < -0.3 is 5.11 Å². The third kappa shape index (κ3) is 3.49. The van der Waals surface area contributed by atoms with E-state index in [4.69, 9.17) is 16.9 Å². The Morgan fingerprint density at radius 3 is 2.30 bits per heavy atom. The summed E-state index contributed by atoms with van der Waals surface area (Å²) in [6, 6.07) is 5.84. The second-order valence-corrected chi connectivity index (χ2v) is 7.60. The summed E-state index contributed by atoms with van der Waals surface area (Å²) in [5, 5.41) is 18.9. The Morgan fingerprint density at radius 1 is 1.30 bits per heavy atom. The zero-order valence-electron chi connectivity index (χ0n) is 11.7. The molecule has 1 aromatic carbocycles. The van der Waals surface area contributed by atoms with Crippen molar-refractivity contribution in [1.82, 2.24) is 4.72 Å². The number of sulfonamides is 1. The zero-order valence-corrected chi connectivity index (χ0v) is 13.3. The van der Waals surface area contributed by atoms with Crippen molar-refractivity contribution in [3.63, 3.8) is 0 Å². The average molecular weight is 317 g/mol. The van der Waals surface area contributed by atoms with E-state index >= 15 is 0 Å². The molecule has 1 aromatic rings. The summed E-state index contributed by atoms with van der Waals surface area (Å²) in [6.45, 7) is 6.13. The van der Waals surface area contributed by atoms with Gasteiger partial charge in [-0.25, -0.2) is 13.1 Å². The Morgan fingerprint density at radius 2 is 1.85 bits per heavy atom. The predicted molar refractivity (Wildman–Crippen MR) is 76.9 cm³/mol. The molecule has 0 radical (unpaired) electrons. The number of hydrogen-bond acceptors (Lipinski definition) is 4. The molecule has 0 aliphatic heterocycles. The molecular formula is C13H17ClN2O3S. The number of nitrogens with one attached hydrogen (secondary N) is 1. The van der Waals surface area contributed by atoms with Crippen LogP contribution in [0.2, 0.25) is 5.02 Å². The van der Waals surface area contributed by atoms with Crippen LogP contribution in [0, 0.1) is 11.3 Å². The number of aliphatic hydroxyl groups is 1. The van der Waals surface area contributed by atoms with E-state index in [9.17, 15) is 13.5 Å². The van der Waals surface area contributed by atoms with Crippen molar-refractivity contribution in [3.05, 3.63) is 28.8 Å². The lowest BCUT2D eigenvalue weighted by molar-refractivity contribution is 0.00639. The molecule has 0 unspecified atom stereocenters. The van der Waals surface area contributed by atoms with E-state index in [-0.39, 0.29) is 15.5 Å². The summed E-state index contributed by atoms with van der Waals surface area (Å²) in [7, 11) is -3.96. The molecule has 0 aliphatic carbocycles. The van der Waals surface area contributed by atoms with Crippen LogP contribution in [0.15, 0.2) is 23.1 Å². The van der Waals surface area contributed by atoms with Crippen molar-refractivity contribution in [2.75, 3.05) is 0 Å². The minimum Gasteiger partial charge on any atom is -0.389 e. The van der Waals surface area contributed by atoms with E-state index in [1.807, 2.05) is 6.07 Å². The van der Waals surface area contributed by atoms with Gasteiger partial charge in [-0.2, -0.15) is 5.26 Å². The molecule has 0 aromatic heterocycles. The Bertz CT molecular complexity index is 655. The van der Waals surface area contributed by atoms with Crippen LogP contribution in [0.5, 0.6) is 0 Å². The number of nitrogens with zero attached hydrogens (tertiary/aromatic N) is 1. The maximum absolute atomic E-state index is 12.4. The van der Waals surface area contributed by atoms with E-state index in [0.29, 0.717) is 0 Å². The van der Waals surface area contributed by atoms with Crippen molar-refractivity contribution in [2.24, 2.45) is 0 Å². The second-order valence-electron chi connectivity index (χ2n) is 5.55. The van der Waals surface area contributed by atoms with Crippen LogP contribution in [-0.2, 0) is 10.0 Å². The SMILES string of the molecule is CC(C)(O)C(C)(C)NS(=O)(=O)c1cc(C#N)ccc1Cl. The molecule has 5 nitrogen and oxygen atoms in total. The molecule has 0 atom stereocenters. The highest BCUT2D eigenvalue weighted by molar-refractivity contribution is 7.89. The fourth-order valence-electron chi connectivity index (χ4n) is 1.29. The largest absolute Gasteiger partial charge is 0.389 e. The van der Waals surface area contributed by atoms with Gasteiger partial charge in [0.1, 0.15) is 4.90 Å². The lowest BCUT2D eigenvalue weighted by Gasteiger charge is -2.37. The van der Waals surface area contributed by atoms with Crippen molar-refractivity contribution in [2.45, 2.75) is 43.7 Å². The van der Waals surface area contributed by atoms with Gasteiger partial charge in [-0.15, -0.1) is 0 Å². The fourth-order valence-corrected chi connectivity index (χ4v) is 3.36. The number of rotatable bonds is 4. The summed E-state index contributed by atoms with van der Waals surface area (Å²) in [6.07, 6.45) is 0. The first kappa shape index (κ1) is 16.9. The molecular weight excluding hydrogens is 300 g/mol. The van der Waals surface area contributed by atoms with Crippen LogP contribution in [0.4, 0.5) is 0 Å². The highest BCUT2D eigenvalue weighted by atomic mass is 35.5. The van der Waals surface area contributed by atoms with Crippen LogP contribution in [0.25, 0.3) is 0 Å². The Labute approximate surface area is 124 Å². The monoisotopic (exact) mass is 316 g/mol. The first-order valence-electron chi connectivity index (χ1n) is 5.87. The molecule has 0 amide bonds. The van der Waals surface area contributed by atoms with Crippen LogP contribution < -0.4 is 4.72 Å². The molecule has 0 fully saturated rings. The van der Waals surface area contributed by atoms with Gasteiger partial charge in [-0.05, 0) is 45.9 Å². The summed E-state index contributed by atoms with van der Waals surface area (Å²) < 4.78 is 27.1. The highest BCUT2D eigenvalue weighted by Gasteiger charge is 2.39. The Balaban J connectivity index is 3.30. The standard InChI is InChI=1S/C13H17ClN2O3S/c1-12(2,13(3,4)17)16-20(18,19)11-7-9(8-15)5-6-10(11)14/h5-7,16-17H,1-4H3.